The second kappa shape index (κ2) is 8.47. The molecule has 0 aliphatic rings. The maximum absolute atomic E-state index is 12.7. The van der Waals surface area contributed by atoms with Gasteiger partial charge in [-0.15, -0.1) is 0 Å². The molecule has 3 atom stereocenters. The minimum Gasteiger partial charge on any atom is -0.480 e. The fraction of sp³-hybridized carbons (Fsp3) is 0.600. The number of hydrogen-bond donors (Lipinski definition) is 3. The Morgan fingerprint density at radius 3 is 0.926 bits per heavy atom. The molecule has 3 unspecified atom stereocenters. The van der Waals surface area contributed by atoms with Crippen LogP contribution in [0.25, 0.3) is 0 Å². The van der Waals surface area contributed by atoms with E-state index in [4.69, 9.17) is 0 Å². The molecule has 0 aliphatic heterocycles. The molecule has 1 rings (SSSR count). The van der Waals surface area contributed by atoms with Gasteiger partial charge in [-0.1, -0.05) is 20.8 Å². The van der Waals surface area contributed by atoms with Gasteiger partial charge in [0.25, 0.3) is 0 Å². The van der Waals surface area contributed by atoms with Crippen LogP contribution in [0.15, 0.2) is 14.4 Å². The van der Waals surface area contributed by atoms with Crippen molar-refractivity contribution in [1.29, 1.82) is 0 Å². The van der Waals surface area contributed by atoms with Gasteiger partial charge in [0.15, 0.2) is 0 Å². The lowest BCUT2D eigenvalue weighted by atomic mass is 10.2. The van der Waals surface area contributed by atoms with Crippen LogP contribution in [-0.2, 0) is 14.4 Å². The molecular formula is C15H21N3O9. The van der Waals surface area contributed by atoms with Crippen molar-refractivity contribution in [3.63, 3.8) is 0 Å². The summed E-state index contributed by atoms with van der Waals surface area (Å²) in [5.74, 6) is -4.67. The number of carboxylic acid groups (broad SMARTS) is 3. The lowest BCUT2D eigenvalue weighted by molar-refractivity contribution is -0.141. The smallest absolute Gasteiger partial charge is 0.337 e. The third kappa shape index (κ3) is 3.83. The van der Waals surface area contributed by atoms with Crippen LogP contribution in [-0.4, -0.2) is 46.9 Å². The molecule has 0 bridgehead atoms. The molecule has 0 spiro atoms. The molecule has 1 aromatic rings. The number of nitrogens with zero attached hydrogens (tertiary/aromatic N) is 3. The third-order valence-electron chi connectivity index (χ3n) is 4.19. The Hall–Kier alpha value is -3.18. The first-order valence-electron chi connectivity index (χ1n) is 8.22. The summed E-state index contributed by atoms with van der Waals surface area (Å²) in [6, 6.07) is -5.08. The van der Waals surface area contributed by atoms with E-state index in [2.05, 4.69) is 0 Å². The second-order valence-corrected chi connectivity index (χ2v) is 5.74. The first-order chi connectivity index (χ1) is 12.5. The lowest BCUT2D eigenvalue weighted by Gasteiger charge is -2.22. The van der Waals surface area contributed by atoms with Gasteiger partial charge in [-0.3, -0.25) is 0 Å². The van der Waals surface area contributed by atoms with E-state index in [0.29, 0.717) is 0 Å². The Labute approximate surface area is 151 Å². The summed E-state index contributed by atoms with van der Waals surface area (Å²) in [6.45, 7) is 4.11. The summed E-state index contributed by atoms with van der Waals surface area (Å²) in [6.07, 6.45) is -0.677. The van der Waals surface area contributed by atoms with Crippen LogP contribution >= 0.6 is 0 Å². The van der Waals surface area contributed by atoms with Crippen LogP contribution in [0, 0.1) is 0 Å². The van der Waals surface area contributed by atoms with E-state index >= 15 is 0 Å². The van der Waals surface area contributed by atoms with E-state index < -0.39 is 53.1 Å². The fourth-order valence-electron chi connectivity index (χ4n) is 2.80. The first-order valence-corrected chi connectivity index (χ1v) is 8.22. The second-order valence-electron chi connectivity index (χ2n) is 5.74. The molecule has 0 saturated heterocycles. The van der Waals surface area contributed by atoms with Gasteiger partial charge in [0.05, 0.1) is 0 Å². The first kappa shape index (κ1) is 21.9. The minimum atomic E-state index is -1.69. The zero-order valence-electron chi connectivity index (χ0n) is 15.0. The number of rotatable bonds is 9. The molecule has 12 heteroatoms. The van der Waals surface area contributed by atoms with E-state index in [0.717, 1.165) is 0 Å². The Morgan fingerprint density at radius 2 is 0.815 bits per heavy atom. The summed E-state index contributed by atoms with van der Waals surface area (Å²) in [5.41, 5.74) is -4.24. The van der Waals surface area contributed by atoms with Crippen LogP contribution in [0.1, 0.15) is 58.2 Å². The summed E-state index contributed by atoms with van der Waals surface area (Å²) < 4.78 is 0.669. The molecule has 0 radical (unpaired) electrons. The highest BCUT2D eigenvalue weighted by Crippen LogP contribution is 2.11. The van der Waals surface area contributed by atoms with Crippen molar-refractivity contribution in [3.05, 3.63) is 31.5 Å². The summed E-state index contributed by atoms with van der Waals surface area (Å²) in [7, 11) is 0. The zero-order valence-corrected chi connectivity index (χ0v) is 15.0. The lowest BCUT2D eigenvalue weighted by Crippen LogP contribution is -2.59. The van der Waals surface area contributed by atoms with Gasteiger partial charge in [-0.2, -0.15) is 0 Å². The van der Waals surface area contributed by atoms with Crippen molar-refractivity contribution in [2.75, 3.05) is 0 Å². The SMILES string of the molecule is CCC(C(=O)O)n1c(=O)n(C(CC)C(=O)O)c(=O)n(C(CC)C(=O)O)c1=O. The van der Waals surface area contributed by atoms with Crippen LogP contribution < -0.4 is 17.1 Å². The Bertz CT molecular complexity index is 775. The molecule has 1 heterocycles. The molecule has 0 aromatic carbocycles. The van der Waals surface area contributed by atoms with Crippen molar-refractivity contribution in [2.45, 2.75) is 58.2 Å². The number of carbonyl (C=O) groups is 3. The Balaban J connectivity index is 4.19. The van der Waals surface area contributed by atoms with Gasteiger partial charge in [0.2, 0.25) is 0 Å². The largest absolute Gasteiger partial charge is 0.480 e. The molecule has 1 aromatic heterocycles. The molecule has 0 amide bonds. The Morgan fingerprint density at radius 1 is 0.630 bits per heavy atom. The van der Waals surface area contributed by atoms with Gasteiger partial charge in [-0.05, 0) is 19.3 Å². The predicted octanol–water partition coefficient (Wildman–Crippen LogP) is -0.721. The molecule has 0 saturated carbocycles. The van der Waals surface area contributed by atoms with Gasteiger partial charge in [0, 0.05) is 0 Å². The fourth-order valence-corrected chi connectivity index (χ4v) is 2.80. The maximum atomic E-state index is 12.7. The van der Waals surface area contributed by atoms with Crippen LogP contribution in [0.4, 0.5) is 0 Å². The van der Waals surface area contributed by atoms with Gasteiger partial charge < -0.3 is 15.3 Å². The number of aliphatic carboxylic acids is 3. The zero-order chi connectivity index (χ0) is 21.0. The van der Waals surface area contributed by atoms with Crippen LogP contribution in [0.3, 0.4) is 0 Å². The normalized spacial score (nSPS) is 14.3. The van der Waals surface area contributed by atoms with E-state index in [9.17, 15) is 44.1 Å². The van der Waals surface area contributed by atoms with Crippen molar-refractivity contribution in [1.82, 2.24) is 13.7 Å². The van der Waals surface area contributed by atoms with Crippen molar-refractivity contribution < 1.29 is 29.7 Å². The number of hydrogen-bond acceptors (Lipinski definition) is 6. The molecule has 0 aliphatic carbocycles. The standard InChI is InChI=1S/C15H21N3O9/c1-4-7(10(19)20)16-13(25)17(8(5-2)11(21)22)15(27)18(14(16)26)9(6-3)12(23)24/h7-9H,4-6H2,1-3H3,(H,19,20)(H,21,22)(H,23,24). The molecule has 12 nitrogen and oxygen atoms in total. The van der Waals surface area contributed by atoms with Crippen molar-refractivity contribution in [3.8, 4) is 0 Å². The number of aromatic nitrogens is 3. The molecule has 3 N–H and O–H groups in total. The quantitative estimate of drug-likeness (QED) is 0.493. The predicted molar refractivity (Wildman–Crippen MR) is 90.1 cm³/mol. The highest BCUT2D eigenvalue weighted by molar-refractivity contribution is 5.73. The van der Waals surface area contributed by atoms with E-state index in [1.165, 1.54) is 20.8 Å². The van der Waals surface area contributed by atoms with Crippen molar-refractivity contribution >= 4 is 17.9 Å². The summed E-state index contributed by atoms with van der Waals surface area (Å²) >= 11 is 0. The topological polar surface area (TPSA) is 178 Å². The summed E-state index contributed by atoms with van der Waals surface area (Å²) in [5, 5.41) is 27.9. The highest BCUT2D eigenvalue weighted by Gasteiger charge is 2.33. The molecule has 150 valence electrons. The summed E-state index contributed by atoms with van der Waals surface area (Å²) in [4.78, 5) is 72.5. The number of carboxylic acids is 3. The Kier molecular flexibility index (Phi) is 6.86. The van der Waals surface area contributed by atoms with Gasteiger partial charge in [0.1, 0.15) is 18.1 Å². The molecule has 27 heavy (non-hydrogen) atoms. The van der Waals surface area contributed by atoms with Crippen LogP contribution in [0.2, 0.25) is 0 Å². The third-order valence-corrected chi connectivity index (χ3v) is 4.19. The van der Waals surface area contributed by atoms with E-state index in [-0.39, 0.29) is 33.0 Å². The maximum Gasteiger partial charge on any atom is 0.337 e. The average Bonchev–Trinajstić information content (AvgIpc) is 2.57. The highest BCUT2D eigenvalue weighted by atomic mass is 16.4. The van der Waals surface area contributed by atoms with Gasteiger partial charge in [-0.25, -0.2) is 42.5 Å². The monoisotopic (exact) mass is 387 g/mol. The van der Waals surface area contributed by atoms with Gasteiger partial charge >= 0.3 is 35.0 Å². The molecule has 0 fully saturated rings. The minimum absolute atomic E-state index is 0.223. The van der Waals surface area contributed by atoms with E-state index in [1.807, 2.05) is 0 Å². The average molecular weight is 387 g/mol. The van der Waals surface area contributed by atoms with Crippen molar-refractivity contribution in [2.24, 2.45) is 0 Å². The molecular weight excluding hydrogens is 366 g/mol. The van der Waals surface area contributed by atoms with Crippen LogP contribution in [0.5, 0.6) is 0 Å². The van der Waals surface area contributed by atoms with E-state index in [1.54, 1.807) is 0 Å².